The lowest BCUT2D eigenvalue weighted by molar-refractivity contribution is -0.384. The molecule has 0 aliphatic carbocycles. The summed E-state index contributed by atoms with van der Waals surface area (Å²) in [4.78, 5) is 13.9. The van der Waals surface area contributed by atoms with Crippen LogP contribution in [0.5, 0.6) is 0 Å². The molecule has 2 heterocycles. The first kappa shape index (κ1) is 15.1. The van der Waals surface area contributed by atoms with E-state index < -0.39 is 4.92 Å². The molecule has 0 spiro atoms. The van der Waals surface area contributed by atoms with Gasteiger partial charge in [-0.3, -0.25) is 10.1 Å². The molecule has 3 aromatic rings. The van der Waals surface area contributed by atoms with Crippen molar-refractivity contribution in [2.75, 3.05) is 0 Å². The van der Waals surface area contributed by atoms with Crippen LogP contribution in [0, 0.1) is 10.1 Å². The predicted octanol–water partition coefficient (Wildman–Crippen LogP) is 6.32. The number of thiophene rings is 2. The summed E-state index contributed by atoms with van der Waals surface area (Å²) in [5.41, 5.74) is 1.05. The van der Waals surface area contributed by atoms with Gasteiger partial charge in [0, 0.05) is 26.8 Å². The molecule has 0 radical (unpaired) electrons. The first-order chi connectivity index (χ1) is 10.6. The molecule has 2 aromatic heterocycles. The molecule has 0 N–H and O–H groups in total. The van der Waals surface area contributed by atoms with Crippen LogP contribution in [-0.2, 0) is 0 Å². The number of nitro groups is 1. The van der Waals surface area contributed by atoms with Crippen LogP contribution in [0.25, 0.3) is 21.9 Å². The molecule has 3 rings (SSSR count). The predicted molar refractivity (Wildman–Crippen MR) is 97.4 cm³/mol. The molecule has 0 atom stereocenters. The molecule has 6 heteroatoms. The fourth-order valence-corrected chi connectivity index (χ4v) is 4.29. The van der Waals surface area contributed by atoms with Crippen LogP contribution in [-0.4, -0.2) is 4.92 Å². The topological polar surface area (TPSA) is 43.1 Å². The van der Waals surface area contributed by atoms with Crippen LogP contribution < -0.4 is 0 Å². The second kappa shape index (κ2) is 6.56. The maximum atomic E-state index is 10.6. The van der Waals surface area contributed by atoms with Crippen LogP contribution in [0.3, 0.4) is 0 Å². The summed E-state index contributed by atoms with van der Waals surface area (Å²) in [5.74, 6) is 0. The van der Waals surface area contributed by atoms with Gasteiger partial charge >= 0.3 is 0 Å². The molecule has 0 saturated carbocycles. The van der Waals surface area contributed by atoms with Gasteiger partial charge in [-0.15, -0.1) is 22.7 Å². The summed E-state index contributed by atoms with van der Waals surface area (Å²) in [6.45, 7) is 0. The number of non-ortho nitro benzene ring substituents is 1. The van der Waals surface area contributed by atoms with Gasteiger partial charge in [-0.2, -0.15) is 0 Å². The summed E-state index contributed by atoms with van der Waals surface area (Å²) < 4.78 is 1.12. The van der Waals surface area contributed by atoms with Gasteiger partial charge in [0.1, 0.15) is 0 Å². The summed E-state index contributed by atoms with van der Waals surface area (Å²) in [5, 5.41) is 10.6. The molecule has 0 amide bonds. The molecule has 0 aliphatic heterocycles. The highest BCUT2D eigenvalue weighted by Gasteiger charge is 2.05. The van der Waals surface area contributed by atoms with E-state index in [2.05, 4.69) is 34.1 Å². The van der Waals surface area contributed by atoms with Crippen molar-refractivity contribution >= 4 is 56.4 Å². The molecule has 3 nitrogen and oxygen atoms in total. The van der Waals surface area contributed by atoms with E-state index >= 15 is 0 Å². The second-order valence-electron chi connectivity index (χ2n) is 4.49. The molecule has 0 aliphatic rings. The van der Waals surface area contributed by atoms with E-state index in [1.54, 1.807) is 34.8 Å². The van der Waals surface area contributed by atoms with Gasteiger partial charge in [0.05, 0.1) is 8.71 Å². The highest BCUT2D eigenvalue weighted by atomic mass is 79.9. The van der Waals surface area contributed by atoms with Crippen molar-refractivity contribution in [3.8, 4) is 9.75 Å². The molecular weight excluding hydrogens is 382 g/mol. The number of nitro benzene ring substituents is 1. The zero-order valence-electron chi connectivity index (χ0n) is 11.2. The van der Waals surface area contributed by atoms with Gasteiger partial charge in [-0.05, 0) is 64.0 Å². The van der Waals surface area contributed by atoms with E-state index in [0.29, 0.717) is 0 Å². The third-order valence-corrected chi connectivity index (χ3v) is 5.86. The number of hydrogen-bond acceptors (Lipinski definition) is 4. The zero-order valence-corrected chi connectivity index (χ0v) is 14.5. The minimum atomic E-state index is -0.391. The Kier molecular flexibility index (Phi) is 4.52. The van der Waals surface area contributed by atoms with E-state index in [1.165, 1.54) is 21.9 Å². The van der Waals surface area contributed by atoms with Crippen LogP contribution in [0.1, 0.15) is 10.4 Å². The number of hydrogen-bond donors (Lipinski definition) is 0. The van der Waals surface area contributed by atoms with Crippen LogP contribution >= 0.6 is 38.6 Å². The van der Waals surface area contributed by atoms with E-state index in [1.807, 2.05) is 18.2 Å². The first-order valence-corrected chi connectivity index (χ1v) is 8.82. The number of rotatable bonds is 4. The van der Waals surface area contributed by atoms with Gasteiger partial charge in [0.25, 0.3) is 5.69 Å². The van der Waals surface area contributed by atoms with Gasteiger partial charge in [0.2, 0.25) is 0 Å². The van der Waals surface area contributed by atoms with Crippen molar-refractivity contribution in [3.05, 3.63) is 72.9 Å². The van der Waals surface area contributed by atoms with Crippen molar-refractivity contribution in [2.24, 2.45) is 0 Å². The SMILES string of the molecule is O=[N+]([O-])c1ccc(/C=C/c2ccc(-c3ccc(Br)s3)s2)cc1. The molecule has 0 unspecified atom stereocenters. The molecule has 1 aromatic carbocycles. The largest absolute Gasteiger partial charge is 0.269 e. The molecule has 110 valence electrons. The van der Waals surface area contributed by atoms with E-state index in [9.17, 15) is 10.1 Å². The van der Waals surface area contributed by atoms with Gasteiger partial charge in [-0.25, -0.2) is 0 Å². The Hall–Kier alpha value is -1.76. The molecular formula is C16H10BrNO2S2. The Morgan fingerprint density at radius 1 is 0.909 bits per heavy atom. The van der Waals surface area contributed by atoms with Crippen LogP contribution in [0.4, 0.5) is 5.69 Å². The van der Waals surface area contributed by atoms with Crippen LogP contribution in [0.2, 0.25) is 0 Å². The second-order valence-corrected chi connectivity index (χ2v) is 8.07. The Labute approximate surface area is 143 Å². The average Bonchev–Trinajstić information content (AvgIpc) is 3.14. The average molecular weight is 392 g/mol. The standard InChI is InChI=1S/C16H10BrNO2S2/c17-16-10-9-15(22-16)14-8-7-13(21-14)6-3-11-1-4-12(5-2-11)18(19)20/h1-10H/b6-3+. The quantitative estimate of drug-likeness (QED) is 0.385. The Morgan fingerprint density at radius 2 is 1.59 bits per heavy atom. The number of benzene rings is 1. The normalized spacial score (nSPS) is 11.1. The van der Waals surface area contributed by atoms with Crippen molar-refractivity contribution in [1.29, 1.82) is 0 Å². The fourth-order valence-electron chi connectivity index (χ4n) is 1.91. The summed E-state index contributed by atoms with van der Waals surface area (Å²) >= 11 is 6.91. The van der Waals surface area contributed by atoms with E-state index in [-0.39, 0.29) is 5.69 Å². The molecule has 0 saturated heterocycles. The van der Waals surface area contributed by atoms with Gasteiger partial charge in [0.15, 0.2) is 0 Å². The van der Waals surface area contributed by atoms with Gasteiger partial charge < -0.3 is 0 Å². The summed E-state index contributed by atoms with van der Waals surface area (Å²) in [7, 11) is 0. The number of halogens is 1. The highest BCUT2D eigenvalue weighted by Crippen LogP contribution is 2.36. The zero-order chi connectivity index (χ0) is 15.5. The molecule has 0 fully saturated rings. The summed E-state index contributed by atoms with van der Waals surface area (Å²) in [6.07, 6.45) is 3.99. The van der Waals surface area contributed by atoms with Gasteiger partial charge in [-0.1, -0.05) is 6.08 Å². The Morgan fingerprint density at radius 3 is 2.23 bits per heavy atom. The minimum Gasteiger partial charge on any atom is -0.258 e. The number of nitrogens with zero attached hydrogens (tertiary/aromatic N) is 1. The van der Waals surface area contributed by atoms with Crippen molar-refractivity contribution < 1.29 is 4.92 Å². The lowest BCUT2D eigenvalue weighted by Gasteiger charge is -1.93. The first-order valence-electron chi connectivity index (χ1n) is 6.40. The highest BCUT2D eigenvalue weighted by molar-refractivity contribution is 9.11. The van der Waals surface area contributed by atoms with Crippen molar-refractivity contribution in [1.82, 2.24) is 0 Å². The Bertz CT molecular complexity index is 834. The maximum Gasteiger partial charge on any atom is 0.269 e. The van der Waals surface area contributed by atoms with Crippen molar-refractivity contribution in [3.63, 3.8) is 0 Å². The van der Waals surface area contributed by atoms with E-state index in [4.69, 9.17) is 0 Å². The van der Waals surface area contributed by atoms with E-state index in [0.717, 1.165) is 14.2 Å². The summed E-state index contributed by atoms with van der Waals surface area (Å²) in [6, 6.07) is 14.9. The third-order valence-electron chi connectivity index (χ3n) is 2.99. The maximum absolute atomic E-state index is 10.6. The van der Waals surface area contributed by atoms with Crippen molar-refractivity contribution in [2.45, 2.75) is 0 Å². The Balaban J connectivity index is 1.75. The minimum absolute atomic E-state index is 0.110. The monoisotopic (exact) mass is 391 g/mol. The third kappa shape index (κ3) is 3.52. The molecule has 0 bridgehead atoms. The smallest absolute Gasteiger partial charge is 0.258 e. The molecule has 22 heavy (non-hydrogen) atoms. The lowest BCUT2D eigenvalue weighted by atomic mass is 10.2. The van der Waals surface area contributed by atoms with Crippen LogP contribution in [0.15, 0.2) is 52.3 Å². The fraction of sp³-hybridized carbons (Fsp3) is 0. The lowest BCUT2D eigenvalue weighted by Crippen LogP contribution is -1.86.